The Morgan fingerprint density at radius 3 is 2.86 bits per heavy atom. The number of aromatic hydroxyl groups is 1. The normalized spacial score (nSPS) is 10.2. The van der Waals surface area contributed by atoms with E-state index in [1.54, 1.807) is 24.3 Å². The number of ether oxygens (including phenoxy) is 1. The molecule has 0 saturated carbocycles. The van der Waals surface area contributed by atoms with Gasteiger partial charge in [0, 0.05) is 18.3 Å². The van der Waals surface area contributed by atoms with E-state index in [0.29, 0.717) is 24.6 Å². The lowest BCUT2D eigenvalue weighted by Crippen LogP contribution is -2.13. The van der Waals surface area contributed by atoms with E-state index in [0.717, 1.165) is 0 Å². The van der Waals surface area contributed by atoms with E-state index in [2.05, 4.69) is 5.32 Å². The molecule has 2 aromatic carbocycles. The first-order valence-corrected chi connectivity index (χ1v) is 6.71. The zero-order chi connectivity index (χ0) is 15.2. The number of nitrogens with one attached hydrogen (secondary N) is 1. The van der Waals surface area contributed by atoms with Gasteiger partial charge in [0.15, 0.2) is 0 Å². The summed E-state index contributed by atoms with van der Waals surface area (Å²) in [5.41, 5.74) is 6.13. The van der Waals surface area contributed by atoms with Crippen molar-refractivity contribution < 1.29 is 14.6 Å². The minimum absolute atomic E-state index is 0.0235. The molecule has 0 aliphatic rings. The molecule has 0 spiro atoms. The van der Waals surface area contributed by atoms with E-state index in [9.17, 15) is 9.90 Å². The second kappa shape index (κ2) is 6.97. The fourth-order valence-electron chi connectivity index (χ4n) is 1.73. The lowest BCUT2D eigenvalue weighted by Gasteiger charge is -2.09. The van der Waals surface area contributed by atoms with Crippen molar-refractivity contribution in [3.63, 3.8) is 0 Å². The Kier molecular flexibility index (Phi) is 5.03. The molecule has 2 aromatic rings. The Bertz CT molecular complexity index is 647. The maximum Gasteiger partial charge on any atom is 0.257 e. The quantitative estimate of drug-likeness (QED) is 0.793. The molecule has 2 rings (SSSR count). The smallest absolute Gasteiger partial charge is 0.257 e. The lowest BCUT2D eigenvalue weighted by molar-refractivity contribution is 0.102. The maximum atomic E-state index is 12.1. The highest BCUT2D eigenvalue weighted by atomic mass is 35.5. The van der Waals surface area contributed by atoms with Crippen molar-refractivity contribution in [1.82, 2.24) is 0 Å². The molecule has 0 aromatic heterocycles. The molecule has 0 aliphatic carbocycles. The third kappa shape index (κ3) is 4.11. The van der Waals surface area contributed by atoms with Crippen LogP contribution in [0, 0.1) is 0 Å². The molecule has 0 atom stereocenters. The van der Waals surface area contributed by atoms with Gasteiger partial charge in [0.2, 0.25) is 0 Å². The van der Waals surface area contributed by atoms with E-state index in [-0.39, 0.29) is 16.3 Å². The Balaban J connectivity index is 2.14. The average Bonchev–Trinajstić information content (AvgIpc) is 2.48. The predicted molar refractivity (Wildman–Crippen MR) is 82.1 cm³/mol. The Hall–Kier alpha value is -2.24. The number of carbonyl (C=O) groups excluding carboxylic acids is 1. The number of hydrogen-bond donors (Lipinski definition) is 3. The summed E-state index contributed by atoms with van der Waals surface area (Å²) in [5, 5.41) is 12.4. The van der Waals surface area contributed by atoms with Gasteiger partial charge in [-0.05, 0) is 30.3 Å². The van der Waals surface area contributed by atoms with Crippen LogP contribution >= 0.6 is 11.6 Å². The summed E-state index contributed by atoms with van der Waals surface area (Å²) in [4.78, 5) is 12.1. The van der Waals surface area contributed by atoms with E-state index in [1.807, 2.05) is 0 Å². The van der Waals surface area contributed by atoms with Gasteiger partial charge in [0.1, 0.15) is 18.1 Å². The summed E-state index contributed by atoms with van der Waals surface area (Å²) in [6.45, 7) is 0.811. The highest BCUT2D eigenvalue weighted by molar-refractivity contribution is 6.34. The molecular formula is C15H15ClN2O3. The molecule has 0 unspecified atom stereocenters. The van der Waals surface area contributed by atoms with Gasteiger partial charge in [-0.3, -0.25) is 4.79 Å². The van der Waals surface area contributed by atoms with Crippen molar-refractivity contribution in [1.29, 1.82) is 0 Å². The van der Waals surface area contributed by atoms with Crippen molar-refractivity contribution >= 4 is 23.2 Å². The van der Waals surface area contributed by atoms with Gasteiger partial charge in [0.05, 0.1) is 10.6 Å². The van der Waals surface area contributed by atoms with E-state index in [1.165, 1.54) is 18.2 Å². The van der Waals surface area contributed by atoms with Gasteiger partial charge in [-0.2, -0.15) is 0 Å². The van der Waals surface area contributed by atoms with Gasteiger partial charge in [-0.1, -0.05) is 17.7 Å². The summed E-state index contributed by atoms with van der Waals surface area (Å²) in [5.74, 6) is 0.178. The molecule has 0 radical (unpaired) electrons. The van der Waals surface area contributed by atoms with Crippen LogP contribution in [-0.4, -0.2) is 24.2 Å². The molecule has 0 bridgehead atoms. The first-order chi connectivity index (χ1) is 10.1. The zero-order valence-electron chi connectivity index (χ0n) is 11.2. The molecular weight excluding hydrogens is 292 g/mol. The summed E-state index contributed by atoms with van der Waals surface area (Å²) >= 11 is 5.95. The fourth-order valence-corrected chi connectivity index (χ4v) is 1.93. The molecule has 0 aliphatic heterocycles. The molecule has 5 nitrogen and oxygen atoms in total. The third-order valence-electron chi connectivity index (χ3n) is 2.67. The second-order valence-corrected chi connectivity index (χ2v) is 4.69. The Labute approximate surface area is 127 Å². The topological polar surface area (TPSA) is 84.6 Å². The summed E-state index contributed by atoms with van der Waals surface area (Å²) in [6.07, 6.45) is 0. The number of hydrogen-bond acceptors (Lipinski definition) is 4. The van der Waals surface area contributed by atoms with Crippen LogP contribution < -0.4 is 15.8 Å². The minimum Gasteiger partial charge on any atom is -0.508 e. The number of anilines is 1. The van der Waals surface area contributed by atoms with Crippen LogP contribution in [0.3, 0.4) is 0 Å². The van der Waals surface area contributed by atoms with Crippen LogP contribution in [0.25, 0.3) is 0 Å². The monoisotopic (exact) mass is 306 g/mol. The van der Waals surface area contributed by atoms with Gasteiger partial charge in [-0.25, -0.2) is 0 Å². The van der Waals surface area contributed by atoms with Crippen molar-refractivity contribution in [2.24, 2.45) is 5.73 Å². The molecule has 110 valence electrons. The van der Waals surface area contributed by atoms with Crippen molar-refractivity contribution in [3.05, 3.63) is 53.1 Å². The molecule has 21 heavy (non-hydrogen) atoms. The fraction of sp³-hybridized carbons (Fsp3) is 0.133. The van der Waals surface area contributed by atoms with E-state index in [4.69, 9.17) is 22.1 Å². The second-order valence-electron chi connectivity index (χ2n) is 4.28. The molecule has 0 saturated heterocycles. The standard InChI is InChI=1S/C15H15ClN2O3/c16-14-5-4-11(19)9-13(14)15(20)18-10-2-1-3-12(8-10)21-7-6-17/h1-5,8-9,19H,6-7,17H2,(H,18,20). The molecule has 4 N–H and O–H groups in total. The minimum atomic E-state index is -0.410. The SMILES string of the molecule is NCCOc1cccc(NC(=O)c2cc(O)ccc2Cl)c1. The van der Waals surface area contributed by atoms with Gasteiger partial charge in [0.25, 0.3) is 5.91 Å². The van der Waals surface area contributed by atoms with Crippen LogP contribution in [0.1, 0.15) is 10.4 Å². The van der Waals surface area contributed by atoms with Crippen LogP contribution in [0.15, 0.2) is 42.5 Å². The van der Waals surface area contributed by atoms with E-state index < -0.39 is 5.91 Å². The molecule has 0 heterocycles. The summed E-state index contributed by atoms with van der Waals surface area (Å²) in [6, 6.07) is 11.1. The average molecular weight is 307 g/mol. The lowest BCUT2D eigenvalue weighted by atomic mass is 10.2. The highest BCUT2D eigenvalue weighted by Gasteiger charge is 2.11. The van der Waals surface area contributed by atoms with Gasteiger partial charge < -0.3 is 20.9 Å². The van der Waals surface area contributed by atoms with Crippen LogP contribution in [0.2, 0.25) is 5.02 Å². The number of nitrogens with two attached hydrogens (primary N) is 1. The number of carbonyl (C=O) groups is 1. The number of rotatable bonds is 5. The zero-order valence-corrected chi connectivity index (χ0v) is 11.9. The van der Waals surface area contributed by atoms with Crippen molar-refractivity contribution in [2.75, 3.05) is 18.5 Å². The molecule has 6 heteroatoms. The Morgan fingerprint density at radius 2 is 2.10 bits per heavy atom. The van der Waals surface area contributed by atoms with Crippen LogP contribution in [0.5, 0.6) is 11.5 Å². The number of phenolic OH excluding ortho intramolecular Hbond substituents is 1. The Morgan fingerprint density at radius 1 is 1.29 bits per heavy atom. The van der Waals surface area contributed by atoms with Gasteiger partial charge in [-0.15, -0.1) is 0 Å². The number of benzene rings is 2. The largest absolute Gasteiger partial charge is 0.508 e. The molecule has 1 amide bonds. The summed E-state index contributed by atoms with van der Waals surface area (Å²) in [7, 11) is 0. The van der Waals surface area contributed by atoms with Crippen LogP contribution in [-0.2, 0) is 0 Å². The summed E-state index contributed by atoms with van der Waals surface area (Å²) < 4.78 is 5.38. The number of phenols is 1. The first-order valence-electron chi connectivity index (χ1n) is 6.33. The first kappa shape index (κ1) is 15.2. The van der Waals surface area contributed by atoms with Crippen molar-refractivity contribution in [2.45, 2.75) is 0 Å². The van der Waals surface area contributed by atoms with Crippen molar-refractivity contribution in [3.8, 4) is 11.5 Å². The number of halogens is 1. The van der Waals surface area contributed by atoms with Crippen LogP contribution in [0.4, 0.5) is 5.69 Å². The molecule has 0 fully saturated rings. The third-order valence-corrected chi connectivity index (χ3v) is 3.00. The van der Waals surface area contributed by atoms with E-state index >= 15 is 0 Å². The predicted octanol–water partition coefficient (Wildman–Crippen LogP) is 2.64. The van der Waals surface area contributed by atoms with Gasteiger partial charge >= 0.3 is 0 Å². The number of amides is 1. The highest BCUT2D eigenvalue weighted by Crippen LogP contribution is 2.23. The maximum absolute atomic E-state index is 12.1.